The number of rotatable bonds is 6. The lowest BCUT2D eigenvalue weighted by Gasteiger charge is -2.24. The maximum absolute atomic E-state index is 13.3. The smallest absolute Gasteiger partial charge is 0.408 e. The third-order valence-corrected chi connectivity index (χ3v) is 4.95. The van der Waals surface area contributed by atoms with E-state index in [1.54, 1.807) is 20.8 Å². The molecule has 0 aliphatic carbocycles. The second-order valence-corrected chi connectivity index (χ2v) is 8.99. The third kappa shape index (κ3) is 5.87. The lowest BCUT2D eigenvalue weighted by atomic mass is 10.0. The number of amides is 2. The molecule has 0 saturated heterocycles. The fraction of sp³-hybridized carbons (Fsp3) is 0.360. The zero-order chi connectivity index (χ0) is 22.6. The Morgan fingerprint density at radius 1 is 1.03 bits per heavy atom. The van der Waals surface area contributed by atoms with Gasteiger partial charge in [-0.2, -0.15) is 0 Å². The molecule has 164 valence electrons. The normalized spacial score (nSPS) is 12.6. The van der Waals surface area contributed by atoms with Gasteiger partial charge in [0, 0.05) is 29.2 Å². The zero-order valence-electron chi connectivity index (χ0n) is 18.8. The Balaban J connectivity index is 1.86. The largest absolute Gasteiger partial charge is 0.444 e. The van der Waals surface area contributed by atoms with E-state index in [0.29, 0.717) is 6.42 Å². The molecule has 0 bridgehead atoms. The Bertz CT molecular complexity index is 1060. The van der Waals surface area contributed by atoms with Crippen molar-refractivity contribution in [2.75, 3.05) is 5.32 Å². The Hall–Kier alpha value is -3.28. The molecule has 0 saturated carbocycles. The predicted octanol–water partition coefficient (Wildman–Crippen LogP) is 5.37. The first-order valence-corrected chi connectivity index (χ1v) is 10.6. The summed E-state index contributed by atoms with van der Waals surface area (Å²) in [5, 5.41) is 6.78. The van der Waals surface area contributed by atoms with Crippen LogP contribution in [0.2, 0.25) is 0 Å². The molecular weight excluding hydrogens is 390 g/mol. The van der Waals surface area contributed by atoms with E-state index >= 15 is 0 Å². The highest BCUT2D eigenvalue weighted by Crippen LogP contribution is 2.25. The van der Waals surface area contributed by atoms with Crippen molar-refractivity contribution >= 4 is 28.6 Å². The van der Waals surface area contributed by atoms with E-state index in [0.717, 1.165) is 27.7 Å². The van der Waals surface area contributed by atoms with Gasteiger partial charge in [-0.15, -0.1) is 0 Å². The zero-order valence-corrected chi connectivity index (χ0v) is 18.8. The SMILES string of the molecule is CC(C)c1ccccc1NC(=O)[C@H](Cc1c[nH]c2ccccc12)NC(=O)OC(C)(C)C. The number of carbonyl (C=O) groups is 2. The van der Waals surface area contributed by atoms with Crippen LogP contribution in [-0.4, -0.2) is 28.6 Å². The van der Waals surface area contributed by atoms with Gasteiger partial charge in [0.25, 0.3) is 0 Å². The van der Waals surface area contributed by atoms with Gasteiger partial charge in [0.1, 0.15) is 11.6 Å². The molecule has 1 aromatic heterocycles. The molecule has 3 rings (SSSR count). The maximum Gasteiger partial charge on any atom is 0.408 e. The van der Waals surface area contributed by atoms with Crippen LogP contribution in [0, 0.1) is 0 Å². The minimum absolute atomic E-state index is 0.252. The minimum Gasteiger partial charge on any atom is -0.444 e. The van der Waals surface area contributed by atoms with Gasteiger partial charge < -0.3 is 20.4 Å². The average Bonchev–Trinajstić information content (AvgIpc) is 3.09. The van der Waals surface area contributed by atoms with Gasteiger partial charge in [-0.1, -0.05) is 50.2 Å². The molecular formula is C25H31N3O3. The second-order valence-electron chi connectivity index (χ2n) is 8.99. The molecule has 2 amide bonds. The number of aromatic nitrogens is 1. The van der Waals surface area contributed by atoms with Crippen molar-refractivity contribution in [3.05, 3.63) is 65.9 Å². The van der Waals surface area contributed by atoms with Crippen molar-refractivity contribution in [3.8, 4) is 0 Å². The van der Waals surface area contributed by atoms with Crippen LogP contribution < -0.4 is 10.6 Å². The van der Waals surface area contributed by atoms with Gasteiger partial charge >= 0.3 is 6.09 Å². The number of para-hydroxylation sites is 2. The van der Waals surface area contributed by atoms with Crippen LogP contribution in [0.1, 0.15) is 51.7 Å². The summed E-state index contributed by atoms with van der Waals surface area (Å²) in [6.07, 6.45) is 1.59. The number of benzene rings is 2. The van der Waals surface area contributed by atoms with E-state index in [9.17, 15) is 9.59 Å². The van der Waals surface area contributed by atoms with E-state index < -0.39 is 17.7 Å². The first kappa shape index (κ1) is 22.4. The Labute approximate surface area is 183 Å². The number of fused-ring (bicyclic) bond motifs is 1. The number of anilines is 1. The summed E-state index contributed by atoms with van der Waals surface area (Å²) >= 11 is 0. The topological polar surface area (TPSA) is 83.2 Å². The summed E-state index contributed by atoms with van der Waals surface area (Å²) in [6, 6.07) is 14.8. The van der Waals surface area contributed by atoms with Crippen LogP contribution in [0.15, 0.2) is 54.7 Å². The highest BCUT2D eigenvalue weighted by molar-refractivity contribution is 5.98. The van der Waals surface area contributed by atoms with E-state index in [2.05, 4.69) is 29.5 Å². The number of carbonyl (C=O) groups excluding carboxylic acids is 2. The molecule has 2 aromatic carbocycles. The fourth-order valence-corrected chi connectivity index (χ4v) is 3.51. The highest BCUT2D eigenvalue weighted by Gasteiger charge is 2.26. The summed E-state index contributed by atoms with van der Waals surface area (Å²) < 4.78 is 5.40. The Morgan fingerprint density at radius 2 is 1.71 bits per heavy atom. The summed E-state index contributed by atoms with van der Waals surface area (Å²) in [4.78, 5) is 29.0. The van der Waals surface area contributed by atoms with Crippen molar-refractivity contribution in [2.24, 2.45) is 0 Å². The lowest BCUT2D eigenvalue weighted by Crippen LogP contribution is -2.47. The van der Waals surface area contributed by atoms with E-state index in [1.165, 1.54) is 0 Å². The number of nitrogens with one attached hydrogen (secondary N) is 3. The number of hydrogen-bond donors (Lipinski definition) is 3. The number of hydrogen-bond acceptors (Lipinski definition) is 3. The van der Waals surface area contributed by atoms with Gasteiger partial charge in [-0.25, -0.2) is 4.79 Å². The van der Waals surface area contributed by atoms with Crippen LogP contribution in [0.3, 0.4) is 0 Å². The van der Waals surface area contributed by atoms with Crippen molar-refractivity contribution in [3.63, 3.8) is 0 Å². The highest BCUT2D eigenvalue weighted by atomic mass is 16.6. The first-order valence-electron chi connectivity index (χ1n) is 10.6. The molecule has 1 heterocycles. The van der Waals surface area contributed by atoms with Crippen molar-refractivity contribution in [1.82, 2.24) is 10.3 Å². The van der Waals surface area contributed by atoms with Crippen LogP contribution in [0.5, 0.6) is 0 Å². The van der Waals surface area contributed by atoms with Crippen molar-refractivity contribution < 1.29 is 14.3 Å². The van der Waals surface area contributed by atoms with E-state index in [4.69, 9.17) is 4.74 Å². The summed E-state index contributed by atoms with van der Waals surface area (Å²) in [7, 11) is 0. The Kier molecular flexibility index (Phi) is 6.68. The van der Waals surface area contributed by atoms with Crippen LogP contribution in [0.4, 0.5) is 10.5 Å². The van der Waals surface area contributed by atoms with E-state index in [1.807, 2.05) is 54.7 Å². The molecule has 6 heteroatoms. The third-order valence-electron chi connectivity index (χ3n) is 4.95. The molecule has 0 unspecified atom stereocenters. The molecule has 3 aromatic rings. The minimum atomic E-state index is -0.797. The van der Waals surface area contributed by atoms with Gasteiger partial charge in [-0.05, 0) is 49.9 Å². The molecule has 0 spiro atoms. The molecule has 0 aliphatic rings. The summed E-state index contributed by atoms with van der Waals surface area (Å²) in [5.74, 6) is -0.0355. The van der Waals surface area contributed by atoms with E-state index in [-0.39, 0.29) is 11.8 Å². The monoisotopic (exact) mass is 421 g/mol. The quantitative estimate of drug-likeness (QED) is 0.501. The number of alkyl carbamates (subject to hydrolysis) is 1. The first-order chi connectivity index (χ1) is 14.6. The molecule has 3 N–H and O–H groups in total. The standard InChI is InChI=1S/C25H31N3O3/c1-16(2)18-10-6-9-13-21(18)27-23(29)22(28-24(30)31-25(3,4)5)14-17-15-26-20-12-8-7-11-19(17)20/h6-13,15-16,22,26H,14H2,1-5H3,(H,27,29)(H,28,30)/t22-/m0/s1. The Morgan fingerprint density at radius 3 is 2.42 bits per heavy atom. The molecule has 6 nitrogen and oxygen atoms in total. The van der Waals surface area contributed by atoms with Gasteiger partial charge in [0.2, 0.25) is 5.91 Å². The summed E-state index contributed by atoms with van der Waals surface area (Å²) in [6.45, 7) is 9.53. The molecule has 0 radical (unpaired) electrons. The molecule has 0 aliphatic heterocycles. The second kappa shape index (κ2) is 9.25. The maximum atomic E-state index is 13.3. The lowest BCUT2D eigenvalue weighted by molar-refractivity contribution is -0.118. The van der Waals surface area contributed by atoms with Gasteiger partial charge in [-0.3, -0.25) is 4.79 Å². The van der Waals surface area contributed by atoms with Crippen LogP contribution >= 0.6 is 0 Å². The molecule has 0 fully saturated rings. The fourth-order valence-electron chi connectivity index (χ4n) is 3.51. The molecule has 31 heavy (non-hydrogen) atoms. The van der Waals surface area contributed by atoms with Crippen LogP contribution in [0.25, 0.3) is 10.9 Å². The van der Waals surface area contributed by atoms with Gasteiger partial charge in [0.05, 0.1) is 0 Å². The van der Waals surface area contributed by atoms with Crippen molar-refractivity contribution in [2.45, 2.75) is 58.6 Å². The number of aromatic amines is 1. The molecule has 1 atom stereocenters. The number of H-pyrrole nitrogens is 1. The van der Waals surface area contributed by atoms with Crippen molar-refractivity contribution in [1.29, 1.82) is 0 Å². The van der Waals surface area contributed by atoms with Gasteiger partial charge in [0.15, 0.2) is 0 Å². The summed E-state index contributed by atoms with van der Waals surface area (Å²) in [5.41, 5.74) is 3.07. The average molecular weight is 422 g/mol. The predicted molar refractivity (Wildman–Crippen MR) is 124 cm³/mol. The van der Waals surface area contributed by atoms with Crippen LogP contribution in [-0.2, 0) is 16.0 Å². The number of ether oxygens (including phenoxy) is 1.